The van der Waals surface area contributed by atoms with Gasteiger partial charge in [0.1, 0.15) is 23.4 Å². The number of fused-ring (bicyclic) bond motifs is 1. The van der Waals surface area contributed by atoms with Gasteiger partial charge in [-0.3, -0.25) is 0 Å². The van der Waals surface area contributed by atoms with Crippen molar-refractivity contribution in [2.24, 2.45) is 0 Å². The van der Waals surface area contributed by atoms with E-state index < -0.39 is 28.0 Å². The van der Waals surface area contributed by atoms with Crippen LogP contribution in [0.5, 0.6) is 5.75 Å². The molecule has 1 aromatic heterocycles. The molecule has 0 saturated heterocycles. The highest BCUT2D eigenvalue weighted by Crippen LogP contribution is 2.37. The van der Waals surface area contributed by atoms with Gasteiger partial charge in [-0.05, 0) is 19.9 Å². The normalized spacial score (nSPS) is 20.7. The quantitative estimate of drug-likeness (QED) is 0.930. The molecule has 0 unspecified atom stereocenters. The number of hydrogen-bond acceptors (Lipinski definition) is 5. The highest BCUT2D eigenvalue weighted by molar-refractivity contribution is 7.88. The van der Waals surface area contributed by atoms with Gasteiger partial charge >= 0.3 is 0 Å². The van der Waals surface area contributed by atoms with Crippen molar-refractivity contribution in [3.63, 3.8) is 0 Å². The van der Waals surface area contributed by atoms with E-state index in [0.717, 1.165) is 0 Å². The topological polar surface area (TPSA) is 81.4 Å². The fourth-order valence-corrected chi connectivity index (χ4v) is 3.75. The number of benzene rings is 1. The lowest BCUT2D eigenvalue weighted by molar-refractivity contribution is 0.220. The number of nitrogens with zero attached hydrogens (tertiary/aromatic N) is 1. The molecule has 1 aliphatic rings. The summed E-state index contributed by atoms with van der Waals surface area (Å²) in [4.78, 5) is 0. The van der Waals surface area contributed by atoms with Gasteiger partial charge in [-0.25, -0.2) is 17.5 Å². The Hall–Kier alpha value is -1.93. The molecule has 1 aromatic carbocycles. The summed E-state index contributed by atoms with van der Waals surface area (Å²) in [6.45, 7) is 3.44. The Morgan fingerprint density at radius 1 is 1.36 bits per heavy atom. The van der Waals surface area contributed by atoms with Crippen molar-refractivity contribution in [1.29, 1.82) is 0 Å². The van der Waals surface area contributed by atoms with Gasteiger partial charge in [0.05, 0.1) is 11.7 Å². The predicted octanol–water partition coefficient (Wildman–Crippen LogP) is 2.06. The molecular formula is C14H15FN2O4S. The molecule has 1 aliphatic heterocycles. The fraction of sp³-hybridized carbons (Fsp3) is 0.357. The van der Waals surface area contributed by atoms with Gasteiger partial charge in [0.15, 0.2) is 5.76 Å². The van der Waals surface area contributed by atoms with Crippen molar-refractivity contribution in [3.8, 4) is 5.75 Å². The first kappa shape index (κ1) is 15.0. The van der Waals surface area contributed by atoms with E-state index in [4.69, 9.17) is 9.26 Å². The molecule has 22 heavy (non-hydrogen) atoms. The zero-order chi connectivity index (χ0) is 15.9. The summed E-state index contributed by atoms with van der Waals surface area (Å²) in [5, 5.41) is 3.66. The Balaban J connectivity index is 1.81. The van der Waals surface area contributed by atoms with Gasteiger partial charge in [-0.1, -0.05) is 11.2 Å². The van der Waals surface area contributed by atoms with E-state index in [1.54, 1.807) is 19.9 Å². The summed E-state index contributed by atoms with van der Waals surface area (Å²) in [5.74, 6) is -0.119. The number of nitrogens with one attached hydrogen (secondary N) is 1. The molecule has 1 N–H and O–H groups in total. The molecule has 0 bridgehead atoms. The third kappa shape index (κ3) is 2.97. The van der Waals surface area contributed by atoms with E-state index in [1.165, 1.54) is 18.2 Å². The number of rotatable bonds is 4. The van der Waals surface area contributed by atoms with Crippen LogP contribution in [0.1, 0.15) is 30.0 Å². The maximum absolute atomic E-state index is 13.2. The van der Waals surface area contributed by atoms with Crippen molar-refractivity contribution < 1.29 is 22.1 Å². The van der Waals surface area contributed by atoms with Crippen LogP contribution in [0.3, 0.4) is 0 Å². The minimum absolute atomic E-state index is 0.260. The molecule has 0 saturated carbocycles. The van der Waals surface area contributed by atoms with E-state index in [1.807, 2.05) is 0 Å². The predicted molar refractivity (Wildman–Crippen MR) is 76.2 cm³/mol. The van der Waals surface area contributed by atoms with Crippen molar-refractivity contribution >= 4 is 10.0 Å². The summed E-state index contributed by atoms with van der Waals surface area (Å²) in [6.07, 6.45) is -0.428. The van der Waals surface area contributed by atoms with Gasteiger partial charge in [-0.15, -0.1) is 0 Å². The van der Waals surface area contributed by atoms with Gasteiger partial charge in [0.25, 0.3) is 0 Å². The molecule has 2 heterocycles. The Kier molecular flexibility index (Phi) is 3.65. The molecular weight excluding hydrogens is 311 g/mol. The molecule has 0 amide bonds. The minimum atomic E-state index is -3.65. The van der Waals surface area contributed by atoms with Crippen LogP contribution >= 0.6 is 0 Å². The van der Waals surface area contributed by atoms with E-state index in [9.17, 15) is 12.8 Å². The molecule has 6 nitrogen and oxygen atoms in total. The third-order valence-corrected chi connectivity index (χ3v) is 4.69. The Bertz CT molecular complexity index is 803. The van der Waals surface area contributed by atoms with E-state index in [0.29, 0.717) is 17.0 Å². The second-order valence-electron chi connectivity index (χ2n) is 5.29. The number of halogens is 1. The molecule has 2 atom stereocenters. The van der Waals surface area contributed by atoms with Gasteiger partial charge in [0.2, 0.25) is 10.0 Å². The molecule has 0 fully saturated rings. The smallest absolute Gasteiger partial charge is 0.219 e. The van der Waals surface area contributed by atoms with Crippen LogP contribution in [0.4, 0.5) is 4.39 Å². The van der Waals surface area contributed by atoms with Gasteiger partial charge < -0.3 is 9.26 Å². The van der Waals surface area contributed by atoms with Crippen LogP contribution in [-0.4, -0.2) is 19.7 Å². The lowest BCUT2D eigenvalue weighted by Gasteiger charge is -2.16. The molecule has 0 spiro atoms. The maximum atomic E-state index is 13.2. The van der Waals surface area contributed by atoms with Crippen molar-refractivity contribution in [2.75, 3.05) is 0 Å². The fourth-order valence-electron chi connectivity index (χ4n) is 2.45. The third-order valence-electron chi connectivity index (χ3n) is 3.41. The number of aromatic nitrogens is 1. The summed E-state index contributed by atoms with van der Waals surface area (Å²) in [7, 11) is -3.65. The summed E-state index contributed by atoms with van der Waals surface area (Å²) in [5.41, 5.74) is 1.23. The number of aryl methyl sites for hydroxylation is 1. The summed E-state index contributed by atoms with van der Waals surface area (Å²) >= 11 is 0. The number of hydrogen-bond donors (Lipinski definition) is 1. The molecule has 118 valence electrons. The Morgan fingerprint density at radius 2 is 2.14 bits per heavy atom. The van der Waals surface area contributed by atoms with Gasteiger partial charge in [-0.2, -0.15) is 0 Å². The van der Waals surface area contributed by atoms with E-state index in [2.05, 4.69) is 9.88 Å². The van der Waals surface area contributed by atoms with Crippen LogP contribution in [0.2, 0.25) is 0 Å². The second-order valence-corrected chi connectivity index (χ2v) is 7.05. The SMILES string of the molecule is Cc1cc(CS(=O)(=O)N[C@@H]2c3ccc(F)cc3O[C@@H]2C)on1. The van der Waals surface area contributed by atoms with Crippen LogP contribution < -0.4 is 9.46 Å². The first-order chi connectivity index (χ1) is 10.3. The number of sulfonamides is 1. The lowest BCUT2D eigenvalue weighted by atomic mass is 10.1. The first-order valence-corrected chi connectivity index (χ1v) is 8.37. The zero-order valence-electron chi connectivity index (χ0n) is 12.0. The molecule has 0 radical (unpaired) electrons. The lowest BCUT2D eigenvalue weighted by Crippen LogP contribution is -2.34. The largest absolute Gasteiger partial charge is 0.488 e. The van der Waals surface area contributed by atoms with Crippen molar-refractivity contribution in [1.82, 2.24) is 9.88 Å². The summed E-state index contributed by atoms with van der Waals surface area (Å²) < 4.78 is 50.7. The maximum Gasteiger partial charge on any atom is 0.219 e. The monoisotopic (exact) mass is 326 g/mol. The standard InChI is InChI=1S/C14H15FN2O4S/c1-8-5-11(21-16-8)7-22(18,19)17-14-9(2)20-13-6-10(15)3-4-12(13)14/h3-6,9,14,17H,7H2,1-2H3/t9-,14+/m1/s1. The van der Waals surface area contributed by atoms with E-state index in [-0.39, 0.29) is 11.5 Å². The average molecular weight is 326 g/mol. The van der Waals surface area contributed by atoms with E-state index >= 15 is 0 Å². The zero-order valence-corrected chi connectivity index (χ0v) is 12.9. The highest BCUT2D eigenvalue weighted by atomic mass is 32.2. The van der Waals surface area contributed by atoms with Crippen LogP contribution in [0.25, 0.3) is 0 Å². The first-order valence-electron chi connectivity index (χ1n) is 6.72. The number of ether oxygens (including phenoxy) is 1. The molecule has 8 heteroatoms. The van der Waals surface area contributed by atoms with Crippen molar-refractivity contribution in [3.05, 3.63) is 47.1 Å². The minimum Gasteiger partial charge on any atom is -0.488 e. The highest BCUT2D eigenvalue weighted by Gasteiger charge is 2.34. The van der Waals surface area contributed by atoms with Gasteiger partial charge in [0, 0.05) is 17.7 Å². The Labute approximate surface area is 127 Å². The molecule has 3 rings (SSSR count). The molecule has 0 aliphatic carbocycles. The van der Waals surface area contributed by atoms with Crippen LogP contribution in [0.15, 0.2) is 28.8 Å². The second kappa shape index (κ2) is 5.36. The van der Waals surface area contributed by atoms with Crippen LogP contribution in [0, 0.1) is 12.7 Å². The van der Waals surface area contributed by atoms with Crippen LogP contribution in [-0.2, 0) is 15.8 Å². The molecule has 2 aromatic rings. The summed E-state index contributed by atoms with van der Waals surface area (Å²) in [6, 6.07) is 5.06. The Morgan fingerprint density at radius 3 is 2.82 bits per heavy atom. The van der Waals surface area contributed by atoms with Crippen molar-refractivity contribution in [2.45, 2.75) is 31.7 Å². The average Bonchev–Trinajstić information content (AvgIpc) is 2.93.